The van der Waals surface area contributed by atoms with Crippen LogP contribution in [0.25, 0.3) is 0 Å². The number of aliphatic hydroxyl groups is 1. The zero-order valence-electron chi connectivity index (χ0n) is 11.9. The quantitative estimate of drug-likeness (QED) is 0.829. The van der Waals surface area contributed by atoms with E-state index in [2.05, 4.69) is 4.99 Å². The van der Waals surface area contributed by atoms with E-state index in [-0.39, 0.29) is 12.4 Å². The molecule has 0 saturated carbocycles. The van der Waals surface area contributed by atoms with Crippen LogP contribution < -0.4 is 9.47 Å². The minimum absolute atomic E-state index is 0.103. The van der Waals surface area contributed by atoms with Gasteiger partial charge in [-0.3, -0.25) is 4.99 Å². The number of rotatable bonds is 5. The third-order valence-electron chi connectivity index (χ3n) is 3.03. The summed E-state index contributed by atoms with van der Waals surface area (Å²) in [5.41, 5.74) is 1.79. The van der Waals surface area contributed by atoms with Crippen molar-refractivity contribution >= 4 is 11.9 Å². The summed E-state index contributed by atoms with van der Waals surface area (Å²) >= 11 is 0. The molecule has 21 heavy (non-hydrogen) atoms. The lowest BCUT2D eigenvalue weighted by atomic mass is 10.1. The Labute approximate surface area is 123 Å². The SMILES string of the molecule is COc1cc(CO)c(OC)cc1C=Nc1ccccc1O. The van der Waals surface area contributed by atoms with E-state index in [4.69, 9.17) is 9.47 Å². The molecule has 2 aromatic carbocycles. The molecule has 0 aliphatic rings. The zero-order chi connectivity index (χ0) is 15.2. The van der Waals surface area contributed by atoms with Gasteiger partial charge >= 0.3 is 0 Å². The highest BCUT2D eigenvalue weighted by Gasteiger charge is 2.09. The van der Waals surface area contributed by atoms with Gasteiger partial charge < -0.3 is 19.7 Å². The molecule has 0 aliphatic carbocycles. The van der Waals surface area contributed by atoms with E-state index in [0.717, 1.165) is 0 Å². The number of phenolic OH excluding ortho intramolecular Hbond substituents is 1. The van der Waals surface area contributed by atoms with E-state index in [1.165, 1.54) is 7.11 Å². The molecule has 0 aromatic heterocycles. The minimum Gasteiger partial charge on any atom is -0.506 e. The maximum absolute atomic E-state index is 9.70. The van der Waals surface area contributed by atoms with E-state index in [9.17, 15) is 10.2 Å². The maximum Gasteiger partial charge on any atom is 0.141 e. The second-order valence-corrected chi connectivity index (χ2v) is 4.31. The van der Waals surface area contributed by atoms with Crippen LogP contribution in [0.15, 0.2) is 41.4 Å². The number of methoxy groups -OCH3 is 2. The van der Waals surface area contributed by atoms with Crippen molar-refractivity contribution in [2.24, 2.45) is 4.99 Å². The Morgan fingerprint density at radius 2 is 1.81 bits per heavy atom. The predicted octanol–water partition coefficient (Wildman–Crippen LogP) is 2.65. The van der Waals surface area contributed by atoms with Gasteiger partial charge in [-0.25, -0.2) is 0 Å². The smallest absolute Gasteiger partial charge is 0.141 e. The van der Waals surface area contributed by atoms with Crippen LogP contribution in [0, 0.1) is 0 Å². The molecule has 5 nitrogen and oxygen atoms in total. The Morgan fingerprint density at radius 3 is 2.43 bits per heavy atom. The fourth-order valence-corrected chi connectivity index (χ4v) is 1.92. The van der Waals surface area contributed by atoms with Gasteiger partial charge in [-0.1, -0.05) is 12.1 Å². The summed E-state index contributed by atoms with van der Waals surface area (Å²) in [6.45, 7) is -0.142. The van der Waals surface area contributed by atoms with Crippen LogP contribution in [0.3, 0.4) is 0 Å². The van der Waals surface area contributed by atoms with Crippen molar-refractivity contribution in [3.63, 3.8) is 0 Å². The summed E-state index contributed by atoms with van der Waals surface area (Å²) < 4.78 is 10.5. The molecular weight excluding hydrogens is 270 g/mol. The van der Waals surface area contributed by atoms with Gasteiger partial charge in [0.25, 0.3) is 0 Å². The van der Waals surface area contributed by atoms with Crippen LogP contribution in [0.5, 0.6) is 17.2 Å². The van der Waals surface area contributed by atoms with Crippen molar-refractivity contribution in [3.8, 4) is 17.2 Å². The summed E-state index contributed by atoms with van der Waals surface area (Å²) in [4.78, 5) is 4.24. The van der Waals surface area contributed by atoms with Gasteiger partial charge in [-0.05, 0) is 24.3 Å². The number of hydrogen-bond acceptors (Lipinski definition) is 5. The number of para-hydroxylation sites is 2. The molecule has 0 unspecified atom stereocenters. The van der Waals surface area contributed by atoms with Gasteiger partial charge in [0.1, 0.15) is 22.9 Å². The molecule has 0 saturated heterocycles. The van der Waals surface area contributed by atoms with Crippen molar-refractivity contribution in [2.75, 3.05) is 14.2 Å². The van der Waals surface area contributed by atoms with Crippen molar-refractivity contribution in [1.29, 1.82) is 0 Å². The highest BCUT2D eigenvalue weighted by molar-refractivity contribution is 5.87. The molecule has 5 heteroatoms. The highest BCUT2D eigenvalue weighted by atomic mass is 16.5. The monoisotopic (exact) mass is 287 g/mol. The highest BCUT2D eigenvalue weighted by Crippen LogP contribution is 2.29. The Kier molecular flexibility index (Phi) is 4.79. The number of aromatic hydroxyl groups is 1. The lowest BCUT2D eigenvalue weighted by Crippen LogP contribution is -1.98. The molecule has 0 aliphatic heterocycles. The molecule has 110 valence electrons. The van der Waals surface area contributed by atoms with E-state index in [0.29, 0.717) is 28.3 Å². The number of aliphatic imine (C=N–C) groups is 1. The fourth-order valence-electron chi connectivity index (χ4n) is 1.92. The first-order valence-electron chi connectivity index (χ1n) is 6.37. The number of phenols is 1. The minimum atomic E-state index is -0.142. The molecule has 0 spiro atoms. The van der Waals surface area contributed by atoms with Gasteiger partial charge in [-0.2, -0.15) is 0 Å². The Balaban J connectivity index is 2.41. The number of ether oxygens (including phenoxy) is 2. The van der Waals surface area contributed by atoms with Crippen molar-refractivity contribution in [2.45, 2.75) is 6.61 Å². The molecule has 2 rings (SSSR count). The summed E-state index contributed by atoms with van der Waals surface area (Å²) in [6, 6.07) is 10.2. The van der Waals surface area contributed by atoms with Gasteiger partial charge in [0.05, 0.1) is 20.8 Å². The topological polar surface area (TPSA) is 71.3 Å². The zero-order valence-corrected chi connectivity index (χ0v) is 11.9. The normalized spacial score (nSPS) is 10.8. The fraction of sp³-hybridized carbons (Fsp3) is 0.188. The Bertz CT molecular complexity index is 653. The molecule has 0 fully saturated rings. The predicted molar refractivity (Wildman–Crippen MR) is 80.8 cm³/mol. The van der Waals surface area contributed by atoms with E-state index < -0.39 is 0 Å². The number of hydrogen-bond donors (Lipinski definition) is 2. The molecule has 2 aromatic rings. The number of benzene rings is 2. The van der Waals surface area contributed by atoms with Crippen LogP contribution in [0.4, 0.5) is 5.69 Å². The largest absolute Gasteiger partial charge is 0.506 e. The van der Waals surface area contributed by atoms with Crippen molar-refractivity contribution < 1.29 is 19.7 Å². The first-order valence-corrected chi connectivity index (χ1v) is 6.37. The summed E-state index contributed by atoms with van der Waals surface area (Å²) in [6.07, 6.45) is 1.58. The van der Waals surface area contributed by atoms with E-state index in [1.54, 1.807) is 49.7 Å². The molecule has 2 N–H and O–H groups in total. The maximum atomic E-state index is 9.70. The molecule has 0 bridgehead atoms. The third kappa shape index (κ3) is 3.32. The first-order chi connectivity index (χ1) is 10.2. The standard InChI is InChI=1S/C16H17NO4/c1-20-15-8-12(10-18)16(21-2)7-11(15)9-17-13-5-3-4-6-14(13)19/h3-9,18-19H,10H2,1-2H3. The van der Waals surface area contributed by atoms with Crippen molar-refractivity contribution in [3.05, 3.63) is 47.5 Å². The van der Waals surface area contributed by atoms with Crippen LogP contribution in [-0.2, 0) is 6.61 Å². The Hall–Kier alpha value is -2.53. The third-order valence-corrected chi connectivity index (χ3v) is 3.03. The lowest BCUT2D eigenvalue weighted by Gasteiger charge is -2.11. The molecule has 0 heterocycles. The second-order valence-electron chi connectivity index (χ2n) is 4.31. The van der Waals surface area contributed by atoms with Gasteiger partial charge in [0.15, 0.2) is 0 Å². The van der Waals surface area contributed by atoms with Gasteiger partial charge in [0, 0.05) is 17.3 Å². The average molecular weight is 287 g/mol. The lowest BCUT2D eigenvalue weighted by molar-refractivity contribution is 0.272. The second kappa shape index (κ2) is 6.76. The molecular formula is C16H17NO4. The van der Waals surface area contributed by atoms with Crippen LogP contribution in [0.2, 0.25) is 0 Å². The summed E-state index contributed by atoms with van der Waals surface area (Å²) in [5, 5.41) is 19.0. The molecule has 0 radical (unpaired) electrons. The van der Waals surface area contributed by atoms with Crippen LogP contribution in [0.1, 0.15) is 11.1 Å². The van der Waals surface area contributed by atoms with Crippen LogP contribution in [-0.4, -0.2) is 30.6 Å². The summed E-state index contributed by atoms with van der Waals surface area (Å²) in [7, 11) is 3.07. The molecule has 0 amide bonds. The van der Waals surface area contributed by atoms with Gasteiger partial charge in [-0.15, -0.1) is 0 Å². The average Bonchev–Trinajstić information content (AvgIpc) is 2.53. The van der Waals surface area contributed by atoms with E-state index in [1.807, 2.05) is 0 Å². The first kappa shape index (κ1) is 14.9. The summed E-state index contributed by atoms with van der Waals surface area (Å²) in [5.74, 6) is 1.22. The Morgan fingerprint density at radius 1 is 1.10 bits per heavy atom. The number of aliphatic hydroxyl groups excluding tert-OH is 1. The molecule has 0 atom stereocenters. The number of nitrogens with zero attached hydrogens (tertiary/aromatic N) is 1. The van der Waals surface area contributed by atoms with Gasteiger partial charge in [0.2, 0.25) is 0 Å². The van der Waals surface area contributed by atoms with Crippen molar-refractivity contribution in [1.82, 2.24) is 0 Å². The van der Waals surface area contributed by atoms with E-state index >= 15 is 0 Å². The van der Waals surface area contributed by atoms with Crippen LogP contribution >= 0.6 is 0 Å².